The van der Waals surface area contributed by atoms with Crippen molar-refractivity contribution >= 4 is 21.7 Å². The summed E-state index contributed by atoms with van der Waals surface area (Å²) in [4.78, 5) is 15.4. The molecule has 0 aromatic carbocycles. The van der Waals surface area contributed by atoms with Crippen LogP contribution in [0.25, 0.3) is 0 Å². The van der Waals surface area contributed by atoms with Gasteiger partial charge in [0.05, 0.1) is 6.33 Å². The van der Waals surface area contributed by atoms with Crippen LogP contribution in [-0.2, 0) is 21.9 Å². The number of nitrogens with two attached hydrogens (primary N) is 1. The Bertz CT molecular complexity index is 582. The third-order valence-electron chi connectivity index (χ3n) is 3.56. The Morgan fingerprint density at radius 1 is 1.45 bits per heavy atom. The predicted octanol–water partition coefficient (Wildman–Crippen LogP) is -0.851. The molecule has 0 atom stereocenters. The molecule has 1 aromatic heterocycles. The van der Waals surface area contributed by atoms with Crippen molar-refractivity contribution < 1.29 is 13.2 Å². The number of piperidine rings is 1. The lowest BCUT2D eigenvalue weighted by Gasteiger charge is -2.30. The first-order valence-electron chi connectivity index (χ1n) is 6.36. The number of aryl methyl sites for hydroxylation is 1. The molecular weight excluding hydrogens is 282 g/mol. The second-order valence-corrected chi connectivity index (χ2v) is 6.69. The number of carbonyl (C=O) groups excluding carboxylic acids is 1. The Labute approximate surface area is 118 Å². The van der Waals surface area contributed by atoms with E-state index in [-0.39, 0.29) is 22.7 Å². The molecular formula is C11H19N5O3S. The highest BCUT2D eigenvalue weighted by Gasteiger charge is 2.34. The fourth-order valence-corrected chi connectivity index (χ4v) is 4.10. The SMILES string of the molecule is CNC(=O)C1CCN(S(=O)(=O)c2c(N)ncn2C)CC1. The second-order valence-electron chi connectivity index (χ2n) is 4.84. The summed E-state index contributed by atoms with van der Waals surface area (Å²) in [5, 5.41) is 2.60. The lowest BCUT2D eigenvalue weighted by atomic mass is 9.97. The predicted molar refractivity (Wildman–Crippen MR) is 73.2 cm³/mol. The highest BCUT2D eigenvalue weighted by molar-refractivity contribution is 7.89. The largest absolute Gasteiger partial charge is 0.381 e. The van der Waals surface area contributed by atoms with Gasteiger partial charge >= 0.3 is 0 Å². The zero-order chi connectivity index (χ0) is 14.9. The first-order chi connectivity index (χ1) is 9.37. The first kappa shape index (κ1) is 14.8. The van der Waals surface area contributed by atoms with Gasteiger partial charge in [-0.15, -0.1) is 0 Å². The van der Waals surface area contributed by atoms with Crippen molar-refractivity contribution in [2.75, 3.05) is 25.9 Å². The van der Waals surface area contributed by atoms with Crippen LogP contribution in [0.2, 0.25) is 0 Å². The number of nitrogens with one attached hydrogen (secondary N) is 1. The third kappa shape index (κ3) is 2.50. The van der Waals surface area contributed by atoms with Gasteiger partial charge in [0.2, 0.25) is 5.91 Å². The molecule has 0 aliphatic carbocycles. The van der Waals surface area contributed by atoms with Crippen molar-refractivity contribution in [1.82, 2.24) is 19.2 Å². The minimum Gasteiger partial charge on any atom is -0.381 e. The summed E-state index contributed by atoms with van der Waals surface area (Å²) in [6, 6.07) is 0. The summed E-state index contributed by atoms with van der Waals surface area (Å²) in [7, 11) is -0.483. The molecule has 1 saturated heterocycles. The van der Waals surface area contributed by atoms with E-state index < -0.39 is 10.0 Å². The highest BCUT2D eigenvalue weighted by atomic mass is 32.2. The molecule has 0 saturated carbocycles. The normalized spacial score (nSPS) is 18.1. The molecule has 1 aliphatic rings. The lowest BCUT2D eigenvalue weighted by Crippen LogP contribution is -2.42. The number of hydrogen-bond acceptors (Lipinski definition) is 5. The summed E-state index contributed by atoms with van der Waals surface area (Å²) in [5.41, 5.74) is 5.63. The maximum absolute atomic E-state index is 12.5. The van der Waals surface area contributed by atoms with Gasteiger partial charge in [0.1, 0.15) is 0 Å². The number of amides is 1. The summed E-state index contributed by atoms with van der Waals surface area (Å²) in [6.45, 7) is 0.621. The van der Waals surface area contributed by atoms with Gasteiger partial charge in [0.15, 0.2) is 10.8 Å². The van der Waals surface area contributed by atoms with E-state index in [1.807, 2.05) is 0 Å². The number of nitrogens with zero attached hydrogens (tertiary/aromatic N) is 3. The van der Waals surface area contributed by atoms with Gasteiger partial charge in [-0.3, -0.25) is 4.79 Å². The van der Waals surface area contributed by atoms with E-state index in [1.54, 1.807) is 14.1 Å². The molecule has 0 bridgehead atoms. The van der Waals surface area contributed by atoms with Crippen LogP contribution in [0.15, 0.2) is 11.4 Å². The van der Waals surface area contributed by atoms with Crippen LogP contribution in [0, 0.1) is 5.92 Å². The number of anilines is 1. The van der Waals surface area contributed by atoms with Crippen LogP contribution < -0.4 is 11.1 Å². The molecule has 0 radical (unpaired) electrons. The standard InChI is InChI=1S/C11H19N5O3S/c1-13-10(17)8-3-5-16(6-4-8)20(18,19)11-9(12)14-7-15(11)2/h7-8H,3-6,12H2,1-2H3,(H,13,17). The van der Waals surface area contributed by atoms with Gasteiger partial charge in [-0.05, 0) is 12.8 Å². The van der Waals surface area contributed by atoms with Crippen LogP contribution in [0.4, 0.5) is 5.82 Å². The molecule has 2 rings (SSSR count). The van der Waals surface area contributed by atoms with E-state index >= 15 is 0 Å². The van der Waals surface area contributed by atoms with E-state index in [4.69, 9.17) is 5.73 Å². The topological polar surface area (TPSA) is 110 Å². The number of carbonyl (C=O) groups is 1. The van der Waals surface area contributed by atoms with Crippen molar-refractivity contribution in [2.24, 2.45) is 13.0 Å². The molecule has 1 fully saturated rings. The van der Waals surface area contributed by atoms with Gasteiger partial charge in [0.25, 0.3) is 10.0 Å². The quantitative estimate of drug-likeness (QED) is 0.755. The van der Waals surface area contributed by atoms with Crippen LogP contribution in [0.5, 0.6) is 0 Å². The van der Waals surface area contributed by atoms with Crippen molar-refractivity contribution in [3.8, 4) is 0 Å². The van der Waals surface area contributed by atoms with E-state index in [0.717, 1.165) is 0 Å². The number of sulfonamides is 1. The Balaban J connectivity index is 2.16. The van der Waals surface area contributed by atoms with E-state index in [0.29, 0.717) is 25.9 Å². The maximum Gasteiger partial charge on any atom is 0.262 e. The van der Waals surface area contributed by atoms with Gasteiger partial charge in [-0.1, -0.05) is 0 Å². The average Bonchev–Trinajstić information content (AvgIpc) is 2.78. The number of hydrogen-bond donors (Lipinski definition) is 2. The Hall–Kier alpha value is -1.61. The van der Waals surface area contributed by atoms with E-state index in [9.17, 15) is 13.2 Å². The fraction of sp³-hybridized carbons (Fsp3) is 0.636. The third-order valence-corrected chi connectivity index (χ3v) is 5.60. The lowest BCUT2D eigenvalue weighted by molar-refractivity contribution is -0.125. The van der Waals surface area contributed by atoms with Crippen molar-refractivity contribution in [3.05, 3.63) is 6.33 Å². The minimum absolute atomic E-state index is 0.000856. The summed E-state index contributed by atoms with van der Waals surface area (Å²) in [5.74, 6) is -0.168. The number of nitrogen functional groups attached to an aromatic ring is 1. The maximum atomic E-state index is 12.5. The zero-order valence-electron chi connectivity index (χ0n) is 11.5. The van der Waals surface area contributed by atoms with Gasteiger partial charge < -0.3 is 15.6 Å². The fourth-order valence-electron chi connectivity index (χ4n) is 2.44. The van der Waals surface area contributed by atoms with Crippen molar-refractivity contribution in [1.29, 1.82) is 0 Å². The van der Waals surface area contributed by atoms with Crippen LogP contribution in [-0.4, -0.2) is 48.3 Å². The Kier molecular flexibility index (Phi) is 4.00. The van der Waals surface area contributed by atoms with Gasteiger partial charge in [0, 0.05) is 33.1 Å². The molecule has 112 valence electrons. The second kappa shape index (κ2) is 5.41. The van der Waals surface area contributed by atoms with E-state index in [1.165, 1.54) is 15.2 Å². The van der Waals surface area contributed by atoms with E-state index in [2.05, 4.69) is 10.3 Å². The zero-order valence-corrected chi connectivity index (χ0v) is 12.4. The first-order valence-corrected chi connectivity index (χ1v) is 7.80. The van der Waals surface area contributed by atoms with Crippen LogP contribution >= 0.6 is 0 Å². The highest BCUT2D eigenvalue weighted by Crippen LogP contribution is 2.26. The van der Waals surface area contributed by atoms with Crippen LogP contribution in [0.1, 0.15) is 12.8 Å². The van der Waals surface area contributed by atoms with Crippen molar-refractivity contribution in [3.63, 3.8) is 0 Å². The van der Waals surface area contributed by atoms with Crippen LogP contribution in [0.3, 0.4) is 0 Å². The summed E-state index contributed by atoms with van der Waals surface area (Å²) < 4.78 is 27.8. The molecule has 9 heteroatoms. The molecule has 1 aromatic rings. The van der Waals surface area contributed by atoms with Gasteiger partial charge in [-0.25, -0.2) is 13.4 Å². The molecule has 1 aliphatic heterocycles. The number of rotatable bonds is 3. The van der Waals surface area contributed by atoms with Gasteiger partial charge in [-0.2, -0.15) is 4.31 Å². The summed E-state index contributed by atoms with van der Waals surface area (Å²) in [6.07, 6.45) is 2.40. The number of aromatic nitrogens is 2. The molecule has 3 N–H and O–H groups in total. The minimum atomic E-state index is -3.66. The molecule has 8 nitrogen and oxygen atoms in total. The molecule has 20 heavy (non-hydrogen) atoms. The molecule has 0 spiro atoms. The smallest absolute Gasteiger partial charge is 0.262 e. The monoisotopic (exact) mass is 301 g/mol. The summed E-state index contributed by atoms with van der Waals surface area (Å²) >= 11 is 0. The van der Waals surface area contributed by atoms with Crippen molar-refractivity contribution in [2.45, 2.75) is 17.9 Å². The molecule has 1 amide bonds. The molecule has 0 unspecified atom stereocenters. The Morgan fingerprint density at radius 2 is 2.05 bits per heavy atom. The Morgan fingerprint density at radius 3 is 2.50 bits per heavy atom. The average molecular weight is 301 g/mol. The molecule has 2 heterocycles. The number of imidazole rings is 1.